The molecule has 0 saturated heterocycles. The summed E-state index contributed by atoms with van der Waals surface area (Å²) in [6, 6.07) is 0.868. The molecule has 4 N–H and O–H groups in total. The van der Waals surface area contributed by atoms with E-state index >= 15 is 0 Å². The molecule has 110 valence electrons. The average molecular weight is 285 g/mol. The summed E-state index contributed by atoms with van der Waals surface area (Å²) in [6.45, 7) is 0.760. The van der Waals surface area contributed by atoms with Crippen LogP contribution < -0.4 is 5.32 Å². The molecule has 20 heavy (non-hydrogen) atoms. The van der Waals surface area contributed by atoms with Gasteiger partial charge < -0.3 is 20.6 Å². The van der Waals surface area contributed by atoms with E-state index in [1.165, 1.54) is 0 Å². The largest absolute Gasteiger partial charge is 0.478 e. The second kappa shape index (κ2) is 6.26. The number of aromatic nitrogens is 1. The van der Waals surface area contributed by atoms with Gasteiger partial charge in [0.15, 0.2) is 0 Å². The minimum Gasteiger partial charge on any atom is -0.478 e. The summed E-state index contributed by atoms with van der Waals surface area (Å²) in [5.41, 5.74) is -2.02. The lowest BCUT2D eigenvalue weighted by Crippen LogP contribution is -2.45. The molecule has 1 aromatic rings. The quantitative estimate of drug-likeness (QED) is 0.411. The number of anilines is 1. The number of nitrogens with zero attached hydrogens (tertiary/aromatic N) is 2. The summed E-state index contributed by atoms with van der Waals surface area (Å²) >= 11 is 0. The molecule has 0 aliphatic carbocycles. The zero-order valence-electron chi connectivity index (χ0n) is 10.7. The van der Waals surface area contributed by atoms with Crippen LogP contribution in [0.3, 0.4) is 0 Å². The lowest BCUT2D eigenvalue weighted by Gasteiger charge is -2.29. The predicted molar refractivity (Wildman–Crippen MR) is 68.7 cm³/mol. The van der Waals surface area contributed by atoms with Crippen LogP contribution in [0.25, 0.3) is 0 Å². The van der Waals surface area contributed by atoms with Crippen molar-refractivity contribution < 1.29 is 25.0 Å². The molecule has 0 aliphatic heterocycles. The van der Waals surface area contributed by atoms with Gasteiger partial charge in [-0.2, -0.15) is 0 Å². The maximum absolute atomic E-state index is 11.0. The number of pyridine rings is 1. The van der Waals surface area contributed by atoms with E-state index in [0.29, 0.717) is 6.42 Å². The summed E-state index contributed by atoms with van der Waals surface area (Å²) < 4.78 is 0. The standard InChI is InChI=1S/C11H15N3O6/c1-2-11(5-15,6-16)13-9-8(14(19)20)3-7(4-12-9)10(17)18/h3-4,15-16H,2,5-6H2,1H3,(H,12,13)(H,17,18). The molecule has 0 spiro atoms. The van der Waals surface area contributed by atoms with Crippen LogP contribution in [0.15, 0.2) is 12.3 Å². The molecule has 0 saturated carbocycles. The van der Waals surface area contributed by atoms with E-state index in [1.807, 2.05) is 0 Å². The molecule has 1 rings (SSSR count). The van der Waals surface area contributed by atoms with Gasteiger partial charge in [-0.05, 0) is 6.42 Å². The highest BCUT2D eigenvalue weighted by Gasteiger charge is 2.30. The first-order valence-corrected chi connectivity index (χ1v) is 5.76. The van der Waals surface area contributed by atoms with Crippen molar-refractivity contribution in [3.8, 4) is 0 Å². The lowest BCUT2D eigenvalue weighted by molar-refractivity contribution is -0.384. The minimum absolute atomic E-state index is 0.204. The zero-order chi connectivity index (χ0) is 15.3. The van der Waals surface area contributed by atoms with Crippen LogP contribution in [0.2, 0.25) is 0 Å². The second-order valence-corrected chi connectivity index (χ2v) is 4.23. The van der Waals surface area contributed by atoms with Gasteiger partial charge in [0.2, 0.25) is 5.82 Å². The highest BCUT2D eigenvalue weighted by molar-refractivity contribution is 5.88. The molecule has 9 heteroatoms. The van der Waals surface area contributed by atoms with E-state index < -0.39 is 35.3 Å². The minimum atomic E-state index is -1.33. The SMILES string of the molecule is CCC(CO)(CO)Nc1ncc(C(=O)O)cc1[N+](=O)[O-]. The predicted octanol–water partition coefficient (Wildman–Crippen LogP) is 0.233. The molecule has 0 amide bonds. The Balaban J connectivity index is 3.24. The first-order chi connectivity index (χ1) is 9.39. The van der Waals surface area contributed by atoms with Crippen molar-refractivity contribution in [2.75, 3.05) is 18.5 Å². The Hall–Kier alpha value is -2.26. The summed E-state index contributed by atoms with van der Waals surface area (Å²) in [5, 5.41) is 40.9. The third-order valence-corrected chi connectivity index (χ3v) is 2.98. The molecule has 9 nitrogen and oxygen atoms in total. The fourth-order valence-corrected chi connectivity index (χ4v) is 1.50. The van der Waals surface area contributed by atoms with Crippen molar-refractivity contribution in [3.05, 3.63) is 27.9 Å². The van der Waals surface area contributed by atoms with Crippen molar-refractivity contribution in [1.29, 1.82) is 0 Å². The molecule has 0 atom stereocenters. The molecule has 0 fully saturated rings. The van der Waals surface area contributed by atoms with Gasteiger partial charge in [-0.25, -0.2) is 9.78 Å². The van der Waals surface area contributed by atoms with Crippen molar-refractivity contribution in [1.82, 2.24) is 4.98 Å². The molecule has 0 unspecified atom stereocenters. The monoisotopic (exact) mass is 285 g/mol. The Morgan fingerprint density at radius 3 is 2.50 bits per heavy atom. The molecular weight excluding hydrogens is 270 g/mol. The van der Waals surface area contributed by atoms with Gasteiger partial charge in [0.1, 0.15) is 0 Å². The van der Waals surface area contributed by atoms with Gasteiger partial charge in [-0.1, -0.05) is 6.92 Å². The van der Waals surface area contributed by atoms with E-state index in [2.05, 4.69) is 10.3 Å². The smallest absolute Gasteiger partial charge is 0.337 e. The summed E-state index contributed by atoms with van der Waals surface area (Å²) in [7, 11) is 0. The molecule has 0 aliphatic rings. The summed E-state index contributed by atoms with van der Waals surface area (Å²) in [6.07, 6.45) is 1.26. The Bertz CT molecular complexity index is 507. The van der Waals surface area contributed by atoms with Crippen LogP contribution in [0, 0.1) is 10.1 Å². The first-order valence-electron chi connectivity index (χ1n) is 5.76. The molecule has 1 aromatic heterocycles. The molecular formula is C11H15N3O6. The van der Waals surface area contributed by atoms with Gasteiger partial charge in [0, 0.05) is 12.3 Å². The van der Waals surface area contributed by atoms with Gasteiger partial charge >= 0.3 is 11.7 Å². The first kappa shape index (κ1) is 15.8. The van der Waals surface area contributed by atoms with Crippen LogP contribution in [0.4, 0.5) is 11.5 Å². The van der Waals surface area contributed by atoms with E-state index in [9.17, 15) is 25.1 Å². The van der Waals surface area contributed by atoms with E-state index in [1.54, 1.807) is 6.92 Å². The number of nitro groups is 1. The maximum atomic E-state index is 11.0. The zero-order valence-corrected chi connectivity index (χ0v) is 10.7. The Morgan fingerprint density at radius 2 is 2.10 bits per heavy atom. The Labute approximate surface area is 114 Å². The Morgan fingerprint density at radius 1 is 1.50 bits per heavy atom. The highest BCUT2D eigenvalue weighted by atomic mass is 16.6. The summed E-state index contributed by atoms with van der Waals surface area (Å²) in [4.78, 5) is 24.6. The van der Waals surface area contributed by atoms with Crippen LogP contribution in [-0.2, 0) is 0 Å². The third-order valence-electron chi connectivity index (χ3n) is 2.98. The third kappa shape index (κ3) is 3.19. The van der Waals surface area contributed by atoms with Crippen LogP contribution in [0.1, 0.15) is 23.7 Å². The van der Waals surface area contributed by atoms with E-state index in [-0.39, 0.29) is 11.4 Å². The normalized spacial score (nSPS) is 11.2. The second-order valence-electron chi connectivity index (χ2n) is 4.23. The molecule has 1 heterocycles. The van der Waals surface area contributed by atoms with Gasteiger partial charge in [-0.3, -0.25) is 10.1 Å². The van der Waals surface area contributed by atoms with Gasteiger partial charge in [-0.15, -0.1) is 0 Å². The Kier molecular flexibility index (Phi) is 4.94. The molecule has 0 aromatic carbocycles. The molecule has 0 bridgehead atoms. The number of hydrogen-bond acceptors (Lipinski definition) is 7. The number of carboxylic acid groups (broad SMARTS) is 1. The molecule has 0 radical (unpaired) electrons. The maximum Gasteiger partial charge on any atom is 0.337 e. The fourth-order valence-electron chi connectivity index (χ4n) is 1.50. The number of aromatic carboxylic acids is 1. The highest BCUT2D eigenvalue weighted by Crippen LogP contribution is 2.26. The van der Waals surface area contributed by atoms with Crippen LogP contribution in [0.5, 0.6) is 0 Å². The van der Waals surface area contributed by atoms with Crippen molar-refractivity contribution in [3.63, 3.8) is 0 Å². The van der Waals surface area contributed by atoms with E-state index in [4.69, 9.17) is 5.11 Å². The number of aliphatic hydroxyl groups is 2. The van der Waals surface area contributed by atoms with Crippen LogP contribution >= 0.6 is 0 Å². The number of rotatable bonds is 7. The van der Waals surface area contributed by atoms with Crippen molar-refractivity contribution >= 4 is 17.5 Å². The van der Waals surface area contributed by atoms with Gasteiger partial charge in [0.25, 0.3) is 0 Å². The van der Waals surface area contributed by atoms with Crippen molar-refractivity contribution in [2.24, 2.45) is 0 Å². The average Bonchev–Trinajstić information content (AvgIpc) is 2.44. The van der Waals surface area contributed by atoms with Gasteiger partial charge in [0.05, 0.1) is 29.2 Å². The van der Waals surface area contributed by atoms with Crippen LogP contribution in [-0.4, -0.2) is 49.9 Å². The number of nitrogens with one attached hydrogen (secondary N) is 1. The number of hydrogen-bond donors (Lipinski definition) is 4. The number of carboxylic acids is 1. The fraction of sp³-hybridized carbons (Fsp3) is 0.455. The van der Waals surface area contributed by atoms with E-state index in [0.717, 1.165) is 12.3 Å². The lowest BCUT2D eigenvalue weighted by atomic mass is 9.98. The number of carbonyl (C=O) groups is 1. The summed E-state index contributed by atoms with van der Waals surface area (Å²) in [5.74, 6) is -1.54. The topological polar surface area (TPSA) is 146 Å². The van der Waals surface area contributed by atoms with Crippen molar-refractivity contribution in [2.45, 2.75) is 18.9 Å². The number of aliphatic hydroxyl groups excluding tert-OH is 2.